The summed E-state index contributed by atoms with van der Waals surface area (Å²) in [6.07, 6.45) is 0.906. The van der Waals surface area contributed by atoms with Crippen molar-refractivity contribution in [3.63, 3.8) is 0 Å². The van der Waals surface area contributed by atoms with Gasteiger partial charge in [0.15, 0.2) is 11.0 Å². The van der Waals surface area contributed by atoms with Crippen LogP contribution in [-0.2, 0) is 31.4 Å². The van der Waals surface area contributed by atoms with Crippen molar-refractivity contribution in [3.05, 3.63) is 65.5 Å². The van der Waals surface area contributed by atoms with Crippen LogP contribution in [0.3, 0.4) is 0 Å². The molecular formula is C22H24N4O3S. The molecule has 1 amide bonds. The fourth-order valence-corrected chi connectivity index (χ4v) is 4.18. The fourth-order valence-electron chi connectivity index (χ4n) is 3.34. The van der Waals surface area contributed by atoms with E-state index in [4.69, 9.17) is 9.47 Å². The number of carbonyl (C=O) groups excluding carboxylic acids is 1. The number of methoxy groups -OCH3 is 1. The van der Waals surface area contributed by atoms with Crippen molar-refractivity contribution in [2.45, 2.75) is 24.7 Å². The summed E-state index contributed by atoms with van der Waals surface area (Å²) in [6, 6.07) is 15.7. The van der Waals surface area contributed by atoms with Crippen LogP contribution in [-0.4, -0.2) is 45.0 Å². The maximum atomic E-state index is 12.7. The van der Waals surface area contributed by atoms with Crippen molar-refractivity contribution in [3.8, 4) is 11.5 Å². The van der Waals surface area contributed by atoms with Crippen LogP contribution >= 0.6 is 11.8 Å². The van der Waals surface area contributed by atoms with Crippen LogP contribution < -0.4 is 9.47 Å². The lowest BCUT2D eigenvalue weighted by atomic mass is 10.00. The van der Waals surface area contributed by atoms with E-state index in [1.165, 1.54) is 22.9 Å². The van der Waals surface area contributed by atoms with Crippen molar-refractivity contribution < 1.29 is 14.3 Å². The molecule has 8 heteroatoms. The average molecular weight is 425 g/mol. The Morgan fingerprint density at radius 2 is 1.80 bits per heavy atom. The van der Waals surface area contributed by atoms with Gasteiger partial charge in [-0.15, -0.1) is 10.2 Å². The predicted molar refractivity (Wildman–Crippen MR) is 115 cm³/mol. The minimum absolute atomic E-state index is 0.119. The van der Waals surface area contributed by atoms with Crippen molar-refractivity contribution in [2.75, 3.05) is 19.4 Å². The van der Waals surface area contributed by atoms with Crippen molar-refractivity contribution in [2.24, 2.45) is 7.05 Å². The molecule has 0 fully saturated rings. The molecule has 3 aromatic rings. The normalized spacial score (nSPS) is 13.1. The van der Waals surface area contributed by atoms with E-state index < -0.39 is 0 Å². The van der Waals surface area contributed by atoms with Gasteiger partial charge in [-0.25, -0.2) is 0 Å². The van der Waals surface area contributed by atoms with Gasteiger partial charge < -0.3 is 18.9 Å². The summed E-state index contributed by atoms with van der Waals surface area (Å²) in [6.45, 7) is 1.73. The standard InChI is InChI=1S/C22H24N4O3S/c1-25-20(14-29-19-9-7-18(28-2)8-10-19)23-24-22(25)30-15-21(27)26-12-11-16-5-3-4-6-17(16)13-26/h3-10H,11-15H2,1-2H3. The highest BCUT2D eigenvalue weighted by molar-refractivity contribution is 7.99. The second-order valence-electron chi connectivity index (χ2n) is 7.04. The van der Waals surface area contributed by atoms with Gasteiger partial charge in [-0.05, 0) is 41.8 Å². The molecule has 0 aliphatic carbocycles. The third-order valence-electron chi connectivity index (χ3n) is 5.16. The van der Waals surface area contributed by atoms with Crippen LogP contribution in [0.4, 0.5) is 0 Å². The van der Waals surface area contributed by atoms with E-state index in [1.54, 1.807) is 7.11 Å². The molecule has 0 bridgehead atoms. The lowest BCUT2D eigenvalue weighted by Crippen LogP contribution is -2.37. The van der Waals surface area contributed by atoms with Crippen LogP contribution in [0.25, 0.3) is 0 Å². The van der Waals surface area contributed by atoms with Gasteiger partial charge in [-0.1, -0.05) is 36.0 Å². The number of aromatic nitrogens is 3. The van der Waals surface area contributed by atoms with E-state index in [9.17, 15) is 4.79 Å². The molecule has 156 valence electrons. The summed E-state index contributed by atoms with van der Waals surface area (Å²) in [5, 5.41) is 9.12. The monoisotopic (exact) mass is 424 g/mol. The van der Waals surface area contributed by atoms with Gasteiger partial charge in [-0.2, -0.15) is 0 Å². The van der Waals surface area contributed by atoms with Crippen molar-refractivity contribution in [1.82, 2.24) is 19.7 Å². The zero-order chi connectivity index (χ0) is 20.9. The Morgan fingerprint density at radius 1 is 1.07 bits per heavy atom. The van der Waals surface area contributed by atoms with Gasteiger partial charge in [0.25, 0.3) is 0 Å². The molecule has 7 nitrogen and oxygen atoms in total. The second-order valence-corrected chi connectivity index (χ2v) is 7.99. The molecule has 1 aliphatic rings. The molecule has 2 aromatic carbocycles. The summed E-state index contributed by atoms with van der Waals surface area (Å²) in [5.41, 5.74) is 2.57. The molecule has 1 aliphatic heterocycles. The molecule has 0 radical (unpaired) electrons. The minimum Gasteiger partial charge on any atom is -0.497 e. The van der Waals surface area contributed by atoms with Crippen LogP contribution in [0.5, 0.6) is 11.5 Å². The Morgan fingerprint density at radius 3 is 2.57 bits per heavy atom. The minimum atomic E-state index is 0.119. The van der Waals surface area contributed by atoms with E-state index in [1.807, 2.05) is 46.8 Å². The number of nitrogens with zero attached hydrogens (tertiary/aromatic N) is 4. The largest absolute Gasteiger partial charge is 0.497 e. The first-order valence-corrected chi connectivity index (χ1v) is 10.7. The second kappa shape index (κ2) is 9.21. The van der Waals surface area contributed by atoms with E-state index in [2.05, 4.69) is 28.4 Å². The van der Waals surface area contributed by atoms with Crippen molar-refractivity contribution in [1.29, 1.82) is 0 Å². The van der Waals surface area contributed by atoms with Crippen molar-refractivity contribution >= 4 is 17.7 Å². The Bertz CT molecular complexity index is 1020. The molecule has 0 spiro atoms. The third-order valence-corrected chi connectivity index (χ3v) is 6.17. The number of hydrogen-bond acceptors (Lipinski definition) is 6. The van der Waals surface area contributed by atoms with E-state index in [0.717, 1.165) is 24.5 Å². The molecule has 0 saturated carbocycles. The highest BCUT2D eigenvalue weighted by Crippen LogP contribution is 2.22. The van der Waals surface area contributed by atoms with Crippen LogP contribution in [0.15, 0.2) is 53.7 Å². The van der Waals surface area contributed by atoms with Gasteiger partial charge in [-0.3, -0.25) is 4.79 Å². The molecule has 2 heterocycles. The SMILES string of the molecule is COc1ccc(OCc2nnc(SCC(=O)N3CCc4ccccc4C3)n2C)cc1. The van der Waals surface area contributed by atoms with Gasteiger partial charge in [0.1, 0.15) is 18.1 Å². The first-order valence-electron chi connectivity index (χ1n) is 9.76. The van der Waals surface area contributed by atoms with Gasteiger partial charge in [0.2, 0.25) is 5.91 Å². The molecular weight excluding hydrogens is 400 g/mol. The fraction of sp³-hybridized carbons (Fsp3) is 0.318. The maximum Gasteiger partial charge on any atom is 0.233 e. The number of benzene rings is 2. The highest BCUT2D eigenvalue weighted by atomic mass is 32.2. The zero-order valence-electron chi connectivity index (χ0n) is 17.1. The Balaban J connectivity index is 1.30. The van der Waals surface area contributed by atoms with Crippen LogP contribution in [0, 0.1) is 0 Å². The molecule has 1 aromatic heterocycles. The molecule has 30 heavy (non-hydrogen) atoms. The highest BCUT2D eigenvalue weighted by Gasteiger charge is 2.21. The molecule has 0 saturated heterocycles. The summed E-state index contributed by atoms with van der Waals surface area (Å²) < 4.78 is 12.8. The van der Waals surface area contributed by atoms with Gasteiger partial charge >= 0.3 is 0 Å². The molecule has 0 unspecified atom stereocenters. The molecule has 0 N–H and O–H groups in total. The predicted octanol–water partition coefficient (Wildman–Crippen LogP) is 3.08. The number of thioether (sulfide) groups is 1. The number of ether oxygens (including phenoxy) is 2. The first-order chi connectivity index (χ1) is 14.6. The zero-order valence-corrected chi connectivity index (χ0v) is 17.9. The van der Waals surface area contributed by atoms with Crippen LogP contribution in [0.2, 0.25) is 0 Å². The van der Waals surface area contributed by atoms with Crippen LogP contribution in [0.1, 0.15) is 17.0 Å². The lowest BCUT2D eigenvalue weighted by molar-refractivity contribution is -0.129. The summed E-state index contributed by atoms with van der Waals surface area (Å²) in [4.78, 5) is 14.6. The third kappa shape index (κ3) is 4.59. The number of fused-ring (bicyclic) bond motifs is 1. The summed E-state index contributed by atoms with van der Waals surface area (Å²) in [7, 11) is 3.51. The van der Waals surface area contributed by atoms with E-state index in [0.29, 0.717) is 29.9 Å². The Kier molecular flexibility index (Phi) is 6.23. The van der Waals surface area contributed by atoms with Gasteiger partial charge in [0.05, 0.1) is 12.9 Å². The molecule has 4 rings (SSSR count). The smallest absolute Gasteiger partial charge is 0.233 e. The number of rotatable bonds is 7. The quantitative estimate of drug-likeness (QED) is 0.543. The maximum absolute atomic E-state index is 12.7. The lowest BCUT2D eigenvalue weighted by Gasteiger charge is -2.28. The number of hydrogen-bond donors (Lipinski definition) is 0. The van der Waals surface area contributed by atoms with E-state index in [-0.39, 0.29) is 5.91 Å². The average Bonchev–Trinajstić information content (AvgIpc) is 3.15. The number of amides is 1. The Hall–Kier alpha value is -3.00. The molecule has 0 atom stereocenters. The summed E-state index contributed by atoms with van der Waals surface area (Å²) in [5.74, 6) is 2.67. The summed E-state index contributed by atoms with van der Waals surface area (Å²) >= 11 is 1.40. The topological polar surface area (TPSA) is 69.5 Å². The van der Waals surface area contributed by atoms with E-state index >= 15 is 0 Å². The number of carbonyl (C=O) groups is 1. The first kappa shape index (κ1) is 20.3. The van der Waals surface area contributed by atoms with Gasteiger partial charge in [0, 0.05) is 20.1 Å². The Labute approximate surface area is 180 Å².